The second kappa shape index (κ2) is 6.75. The second-order valence-electron chi connectivity index (χ2n) is 5.08. The van der Waals surface area contributed by atoms with Crippen LogP contribution in [0.15, 0.2) is 47.1 Å². The van der Waals surface area contributed by atoms with Crippen molar-refractivity contribution in [2.24, 2.45) is 0 Å². The smallest absolute Gasteiger partial charge is 0.416 e. The molecule has 3 rings (SSSR count). The molecule has 2 heterocycles. The normalized spacial score (nSPS) is 11.5. The van der Waals surface area contributed by atoms with Gasteiger partial charge in [-0.05, 0) is 29.5 Å². The SMILES string of the molecule is O=C(Cn1nnc(-c2cccc(C(F)(F)F)c2)n1)NCc1ccco1. The summed E-state index contributed by atoms with van der Waals surface area (Å²) >= 11 is 0. The zero-order valence-electron chi connectivity index (χ0n) is 12.7. The van der Waals surface area contributed by atoms with Gasteiger partial charge in [0.25, 0.3) is 0 Å². The Morgan fingerprint density at radius 3 is 2.80 bits per heavy atom. The maximum atomic E-state index is 12.7. The first kappa shape index (κ1) is 16.7. The van der Waals surface area contributed by atoms with E-state index in [-0.39, 0.29) is 30.4 Å². The zero-order valence-corrected chi connectivity index (χ0v) is 12.7. The second-order valence-corrected chi connectivity index (χ2v) is 5.08. The lowest BCUT2D eigenvalue weighted by Gasteiger charge is -2.06. The largest absolute Gasteiger partial charge is 0.467 e. The molecule has 0 aliphatic carbocycles. The van der Waals surface area contributed by atoms with Crippen LogP contribution < -0.4 is 5.32 Å². The number of aromatic nitrogens is 4. The first-order chi connectivity index (χ1) is 11.9. The minimum Gasteiger partial charge on any atom is -0.467 e. The van der Waals surface area contributed by atoms with Crippen molar-refractivity contribution in [1.82, 2.24) is 25.5 Å². The minimum absolute atomic E-state index is 0.00457. The Labute approximate surface area is 139 Å². The van der Waals surface area contributed by atoms with Gasteiger partial charge in [-0.2, -0.15) is 18.0 Å². The molecule has 3 aromatic rings. The molecular weight excluding hydrogens is 339 g/mol. The molecule has 1 aromatic carbocycles. The Bertz CT molecular complexity index is 858. The summed E-state index contributed by atoms with van der Waals surface area (Å²) in [6.07, 6.45) is -2.97. The highest BCUT2D eigenvalue weighted by Gasteiger charge is 2.30. The summed E-state index contributed by atoms with van der Waals surface area (Å²) in [5, 5.41) is 13.9. The van der Waals surface area contributed by atoms with Crippen LogP contribution in [0.5, 0.6) is 0 Å². The first-order valence-corrected chi connectivity index (χ1v) is 7.16. The number of rotatable bonds is 5. The van der Waals surface area contributed by atoms with Gasteiger partial charge in [0.05, 0.1) is 18.4 Å². The van der Waals surface area contributed by atoms with E-state index < -0.39 is 11.7 Å². The Balaban J connectivity index is 1.65. The number of benzene rings is 1. The van der Waals surface area contributed by atoms with Crippen molar-refractivity contribution >= 4 is 5.91 Å². The van der Waals surface area contributed by atoms with E-state index in [4.69, 9.17) is 4.42 Å². The average molecular weight is 351 g/mol. The molecule has 0 bridgehead atoms. The van der Waals surface area contributed by atoms with Crippen molar-refractivity contribution in [3.8, 4) is 11.4 Å². The van der Waals surface area contributed by atoms with Crippen molar-refractivity contribution in [1.29, 1.82) is 0 Å². The number of furan rings is 1. The number of carbonyl (C=O) groups is 1. The molecule has 7 nitrogen and oxygen atoms in total. The number of amides is 1. The fourth-order valence-electron chi connectivity index (χ4n) is 2.04. The highest BCUT2D eigenvalue weighted by Crippen LogP contribution is 2.31. The van der Waals surface area contributed by atoms with Gasteiger partial charge in [-0.15, -0.1) is 10.2 Å². The van der Waals surface area contributed by atoms with Gasteiger partial charge in [-0.3, -0.25) is 4.79 Å². The molecule has 2 aromatic heterocycles. The van der Waals surface area contributed by atoms with Crippen LogP contribution >= 0.6 is 0 Å². The fourth-order valence-corrected chi connectivity index (χ4v) is 2.04. The molecule has 0 spiro atoms. The van der Waals surface area contributed by atoms with Crippen LogP contribution in [0.25, 0.3) is 11.4 Å². The number of alkyl halides is 3. The fraction of sp³-hybridized carbons (Fsp3) is 0.200. The van der Waals surface area contributed by atoms with Gasteiger partial charge >= 0.3 is 6.18 Å². The number of hydrogen-bond donors (Lipinski definition) is 1. The van der Waals surface area contributed by atoms with E-state index in [0.29, 0.717) is 5.76 Å². The van der Waals surface area contributed by atoms with Gasteiger partial charge in [-0.25, -0.2) is 0 Å². The highest BCUT2D eigenvalue weighted by atomic mass is 19.4. The van der Waals surface area contributed by atoms with E-state index in [0.717, 1.165) is 16.9 Å². The zero-order chi connectivity index (χ0) is 17.9. The quantitative estimate of drug-likeness (QED) is 0.762. The van der Waals surface area contributed by atoms with E-state index in [1.54, 1.807) is 12.1 Å². The van der Waals surface area contributed by atoms with Gasteiger partial charge in [0.15, 0.2) is 0 Å². The summed E-state index contributed by atoms with van der Waals surface area (Å²) in [4.78, 5) is 12.8. The molecule has 0 saturated heterocycles. The van der Waals surface area contributed by atoms with Gasteiger partial charge in [-0.1, -0.05) is 12.1 Å². The highest BCUT2D eigenvalue weighted by molar-refractivity contribution is 5.75. The lowest BCUT2D eigenvalue weighted by molar-refractivity contribution is -0.137. The number of halogens is 3. The van der Waals surface area contributed by atoms with Gasteiger partial charge in [0, 0.05) is 5.56 Å². The van der Waals surface area contributed by atoms with Crippen molar-refractivity contribution in [3.05, 3.63) is 54.0 Å². The van der Waals surface area contributed by atoms with Crippen LogP contribution in [0.2, 0.25) is 0 Å². The Morgan fingerprint density at radius 2 is 2.08 bits per heavy atom. The van der Waals surface area contributed by atoms with Crippen molar-refractivity contribution in [2.45, 2.75) is 19.3 Å². The molecule has 0 aliphatic rings. The van der Waals surface area contributed by atoms with Crippen molar-refractivity contribution in [3.63, 3.8) is 0 Å². The summed E-state index contributed by atoms with van der Waals surface area (Å²) in [6, 6.07) is 7.98. The molecule has 0 aliphatic heterocycles. The molecule has 130 valence electrons. The molecule has 1 N–H and O–H groups in total. The summed E-state index contributed by atoms with van der Waals surface area (Å²) in [5.74, 6) is 0.207. The minimum atomic E-state index is -4.46. The van der Waals surface area contributed by atoms with Crippen molar-refractivity contribution < 1.29 is 22.4 Å². The molecule has 0 atom stereocenters. The van der Waals surface area contributed by atoms with Crippen molar-refractivity contribution in [2.75, 3.05) is 0 Å². The van der Waals surface area contributed by atoms with E-state index >= 15 is 0 Å². The van der Waals surface area contributed by atoms with E-state index in [2.05, 4.69) is 20.7 Å². The van der Waals surface area contributed by atoms with E-state index in [1.165, 1.54) is 18.4 Å². The average Bonchev–Trinajstić information content (AvgIpc) is 3.24. The van der Waals surface area contributed by atoms with E-state index in [9.17, 15) is 18.0 Å². The molecule has 0 radical (unpaired) electrons. The predicted molar refractivity (Wildman–Crippen MR) is 78.8 cm³/mol. The summed E-state index contributed by atoms with van der Waals surface area (Å²) in [7, 11) is 0. The molecular formula is C15H12F3N5O2. The summed E-state index contributed by atoms with van der Waals surface area (Å²) < 4.78 is 43.3. The number of hydrogen-bond acceptors (Lipinski definition) is 5. The Hall–Kier alpha value is -3.17. The summed E-state index contributed by atoms with van der Waals surface area (Å²) in [5.41, 5.74) is -0.644. The lowest BCUT2D eigenvalue weighted by atomic mass is 10.1. The first-order valence-electron chi connectivity index (χ1n) is 7.16. The number of nitrogens with one attached hydrogen (secondary N) is 1. The van der Waals surface area contributed by atoms with Crippen LogP contribution in [0.4, 0.5) is 13.2 Å². The molecule has 0 fully saturated rings. The maximum Gasteiger partial charge on any atom is 0.416 e. The number of nitrogens with zero attached hydrogens (tertiary/aromatic N) is 4. The third kappa shape index (κ3) is 4.22. The summed E-state index contributed by atoms with van der Waals surface area (Å²) in [6.45, 7) is -0.00626. The lowest BCUT2D eigenvalue weighted by Crippen LogP contribution is -2.27. The van der Waals surface area contributed by atoms with Crippen LogP contribution in [-0.4, -0.2) is 26.1 Å². The molecule has 25 heavy (non-hydrogen) atoms. The van der Waals surface area contributed by atoms with Gasteiger partial charge in [0.1, 0.15) is 12.3 Å². The molecule has 10 heteroatoms. The molecule has 1 amide bonds. The standard InChI is InChI=1S/C15H12F3N5O2/c16-15(17,18)11-4-1-3-10(7-11)14-20-22-23(21-14)9-13(24)19-8-12-5-2-6-25-12/h1-7H,8-9H2,(H,19,24). The third-order valence-corrected chi connectivity index (χ3v) is 3.23. The molecule has 0 unspecified atom stereocenters. The maximum absolute atomic E-state index is 12.7. The van der Waals surface area contributed by atoms with Crippen LogP contribution in [-0.2, 0) is 24.1 Å². The molecule has 0 saturated carbocycles. The van der Waals surface area contributed by atoms with Gasteiger partial charge < -0.3 is 9.73 Å². The van der Waals surface area contributed by atoms with E-state index in [1.807, 2.05) is 0 Å². The number of tetrazole rings is 1. The Morgan fingerprint density at radius 1 is 1.24 bits per heavy atom. The topological polar surface area (TPSA) is 85.8 Å². The monoisotopic (exact) mass is 351 g/mol. The van der Waals surface area contributed by atoms with Crippen LogP contribution in [0.3, 0.4) is 0 Å². The Kier molecular flexibility index (Phi) is 4.50. The van der Waals surface area contributed by atoms with Crippen LogP contribution in [0, 0.1) is 0 Å². The third-order valence-electron chi connectivity index (χ3n) is 3.23. The van der Waals surface area contributed by atoms with Crippen LogP contribution in [0.1, 0.15) is 11.3 Å². The predicted octanol–water partition coefficient (Wildman–Crippen LogP) is 2.27. The number of carbonyl (C=O) groups excluding carboxylic acids is 1. The van der Waals surface area contributed by atoms with Gasteiger partial charge in [0.2, 0.25) is 11.7 Å².